The normalized spacial score (nSPS) is 20.2. The van der Waals surface area contributed by atoms with Gasteiger partial charge in [-0.25, -0.2) is 4.79 Å². The predicted molar refractivity (Wildman–Crippen MR) is 121 cm³/mol. The molecule has 3 heteroatoms. The summed E-state index contributed by atoms with van der Waals surface area (Å²) in [5, 5.41) is 8.90. The van der Waals surface area contributed by atoms with E-state index in [-0.39, 0.29) is 10.8 Å². The Bertz CT molecular complexity index is 800. The van der Waals surface area contributed by atoms with Crippen molar-refractivity contribution in [2.45, 2.75) is 85.0 Å². The molecule has 1 saturated carbocycles. The summed E-state index contributed by atoms with van der Waals surface area (Å²) >= 11 is 0. The maximum Gasteiger partial charge on any atom is 0.328 e. The zero-order valence-corrected chi connectivity index (χ0v) is 19.4. The number of aliphatic carboxylic acids is 1. The monoisotopic (exact) mass is 398 g/mol. The fourth-order valence-electron chi connectivity index (χ4n) is 3.59. The molecule has 2 unspecified atom stereocenters. The lowest BCUT2D eigenvalue weighted by molar-refractivity contribution is -0.131. The molecule has 0 bridgehead atoms. The fourth-order valence-corrected chi connectivity index (χ4v) is 3.59. The largest absolute Gasteiger partial charge is 0.493 e. The molecule has 1 aliphatic carbocycles. The second kappa shape index (κ2) is 8.77. The molecule has 1 aromatic carbocycles. The first-order valence-corrected chi connectivity index (χ1v) is 10.8. The summed E-state index contributed by atoms with van der Waals surface area (Å²) in [6.45, 7) is 18.2. The molecule has 0 heterocycles. The van der Waals surface area contributed by atoms with Crippen molar-refractivity contribution in [1.82, 2.24) is 0 Å². The molecule has 1 aliphatic rings. The third-order valence-electron chi connectivity index (χ3n) is 5.44. The maximum atomic E-state index is 10.8. The number of carboxylic acids is 1. The van der Waals surface area contributed by atoms with Crippen molar-refractivity contribution < 1.29 is 14.6 Å². The number of hydrogen-bond donors (Lipinski definition) is 1. The molecule has 29 heavy (non-hydrogen) atoms. The van der Waals surface area contributed by atoms with Crippen LogP contribution in [0.5, 0.6) is 5.75 Å². The average molecular weight is 399 g/mol. The smallest absolute Gasteiger partial charge is 0.328 e. The quantitative estimate of drug-likeness (QED) is 0.407. The number of allylic oxidation sites excluding steroid dienone is 3. The van der Waals surface area contributed by atoms with E-state index >= 15 is 0 Å². The van der Waals surface area contributed by atoms with E-state index in [0.29, 0.717) is 11.8 Å². The molecule has 0 aliphatic heterocycles. The molecule has 160 valence electrons. The Hall–Kier alpha value is -2.03. The van der Waals surface area contributed by atoms with Crippen LogP contribution in [0, 0.1) is 5.92 Å². The fraction of sp³-hybridized carbons (Fsp3) is 0.577. The Balaban J connectivity index is 2.47. The molecule has 0 aromatic heterocycles. The van der Waals surface area contributed by atoms with Crippen LogP contribution in [0.15, 0.2) is 35.9 Å². The number of carbonyl (C=O) groups is 1. The van der Waals surface area contributed by atoms with Gasteiger partial charge in [-0.1, -0.05) is 72.8 Å². The summed E-state index contributed by atoms with van der Waals surface area (Å²) in [4.78, 5) is 10.8. The first kappa shape index (κ1) is 23.3. The standard InChI is InChI=1S/C26H38O3/c1-9-12-29-24-21(20-14-18(20)11-10-17(2)13-23(27)28)15-19(25(3,4)5)16-22(24)26(6,7)8/h10-11,13,15-16,18,20H,9,12,14H2,1-8H3,(H,27,28)/b11-10+,17-13+. The van der Waals surface area contributed by atoms with Crippen LogP contribution in [0.1, 0.15) is 90.8 Å². The van der Waals surface area contributed by atoms with E-state index in [2.05, 4.69) is 66.7 Å². The first-order chi connectivity index (χ1) is 13.3. The molecule has 1 fully saturated rings. The molecule has 0 radical (unpaired) electrons. The van der Waals surface area contributed by atoms with Gasteiger partial charge in [-0.15, -0.1) is 0 Å². The molecule has 2 atom stereocenters. The number of benzene rings is 1. The number of ether oxygens (including phenoxy) is 1. The Morgan fingerprint density at radius 3 is 2.34 bits per heavy atom. The Labute approximate surface area is 176 Å². The predicted octanol–water partition coefficient (Wildman–Crippen LogP) is 6.76. The van der Waals surface area contributed by atoms with E-state index in [4.69, 9.17) is 9.84 Å². The number of carboxylic acid groups (broad SMARTS) is 1. The van der Waals surface area contributed by atoms with E-state index in [1.165, 1.54) is 22.8 Å². The topological polar surface area (TPSA) is 46.5 Å². The van der Waals surface area contributed by atoms with Gasteiger partial charge >= 0.3 is 5.97 Å². The highest BCUT2D eigenvalue weighted by Gasteiger charge is 2.40. The SMILES string of the molecule is CCCOc1c(C2CC2/C=C/C(C)=C/C(=O)O)cc(C(C)(C)C)cc1C(C)(C)C. The van der Waals surface area contributed by atoms with Crippen LogP contribution in [0.4, 0.5) is 0 Å². The van der Waals surface area contributed by atoms with Crippen LogP contribution >= 0.6 is 0 Å². The lowest BCUT2D eigenvalue weighted by atomic mass is 9.78. The zero-order valence-electron chi connectivity index (χ0n) is 19.4. The van der Waals surface area contributed by atoms with Gasteiger partial charge in [0.05, 0.1) is 6.61 Å². The lowest BCUT2D eigenvalue weighted by Gasteiger charge is -2.29. The summed E-state index contributed by atoms with van der Waals surface area (Å²) in [5.74, 6) is 1.02. The lowest BCUT2D eigenvalue weighted by Crippen LogP contribution is -2.19. The van der Waals surface area contributed by atoms with Crippen molar-refractivity contribution in [2.24, 2.45) is 5.92 Å². The van der Waals surface area contributed by atoms with E-state index in [1.807, 2.05) is 13.0 Å². The van der Waals surface area contributed by atoms with Gasteiger partial charge in [0.1, 0.15) is 5.75 Å². The van der Waals surface area contributed by atoms with Crippen molar-refractivity contribution in [1.29, 1.82) is 0 Å². The minimum atomic E-state index is -0.901. The van der Waals surface area contributed by atoms with Crippen molar-refractivity contribution in [2.75, 3.05) is 6.61 Å². The molecule has 1 N–H and O–H groups in total. The van der Waals surface area contributed by atoms with Gasteiger partial charge in [0.25, 0.3) is 0 Å². The van der Waals surface area contributed by atoms with Crippen molar-refractivity contribution in [3.05, 3.63) is 52.6 Å². The number of rotatable bonds is 7. The van der Waals surface area contributed by atoms with Crippen LogP contribution < -0.4 is 4.74 Å². The Morgan fingerprint density at radius 2 is 1.83 bits per heavy atom. The molecule has 1 aromatic rings. The van der Waals surface area contributed by atoms with Crippen LogP contribution in [0.25, 0.3) is 0 Å². The Morgan fingerprint density at radius 1 is 1.17 bits per heavy atom. The third kappa shape index (κ3) is 6.22. The van der Waals surface area contributed by atoms with Crippen molar-refractivity contribution >= 4 is 5.97 Å². The van der Waals surface area contributed by atoms with Gasteiger partial charge in [0.15, 0.2) is 0 Å². The molecule has 0 spiro atoms. The molecule has 3 nitrogen and oxygen atoms in total. The van der Waals surface area contributed by atoms with Crippen LogP contribution in [-0.2, 0) is 15.6 Å². The first-order valence-electron chi connectivity index (χ1n) is 10.8. The van der Waals surface area contributed by atoms with Crippen LogP contribution in [0.2, 0.25) is 0 Å². The van der Waals surface area contributed by atoms with E-state index in [9.17, 15) is 4.79 Å². The summed E-state index contributed by atoms with van der Waals surface area (Å²) < 4.78 is 6.33. The van der Waals surface area contributed by atoms with E-state index < -0.39 is 5.97 Å². The Kier molecular flexibility index (Phi) is 7.03. The number of hydrogen-bond acceptors (Lipinski definition) is 2. The highest BCUT2D eigenvalue weighted by molar-refractivity contribution is 5.81. The van der Waals surface area contributed by atoms with Gasteiger partial charge in [-0.2, -0.15) is 0 Å². The van der Waals surface area contributed by atoms with Gasteiger partial charge in [-0.05, 0) is 59.1 Å². The van der Waals surface area contributed by atoms with Crippen molar-refractivity contribution in [3.8, 4) is 5.75 Å². The second-order valence-corrected chi connectivity index (χ2v) is 10.4. The highest BCUT2D eigenvalue weighted by atomic mass is 16.5. The van der Waals surface area contributed by atoms with Crippen LogP contribution in [0.3, 0.4) is 0 Å². The molecule has 0 amide bonds. The van der Waals surface area contributed by atoms with E-state index in [0.717, 1.165) is 30.8 Å². The summed E-state index contributed by atoms with van der Waals surface area (Å²) in [5.41, 5.74) is 4.77. The molecular formula is C26H38O3. The molecule has 0 saturated heterocycles. The van der Waals surface area contributed by atoms with Gasteiger partial charge < -0.3 is 9.84 Å². The average Bonchev–Trinajstić information content (AvgIpc) is 3.34. The van der Waals surface area contributed by atoms with Gasteiger partial charge in [0.2, 0.25) is 0 Å². The van der Waals surface area contributed by atoms with Crippen LogP contribution in [-0.4, -0.2) is 17.7 Å². The highest BCUT2D eigenvalue weighted by Crippen LogP contribution is 2.54. The second-order valence-electron chi connectivity index (χ2n) is 10.4. The molecular weight excluding hydrogens is 360 g/mol. The molecule has 2 rings (SSSR count). The minimum absolute atomic E-state index is 0.000123. The zero-order chi connectivity index (χ0) is 22.0. The maximum absolute atomic E-state index is 10.8. The minimum Gasteiger partial charge on any atom is -0.493 e. The summed E-state index contributed by atoms with van der Waals surface area (Å²) in [6, 6.07) is 4.68. The van der Waals surface area contributed by atoms with E-state index in [1.54, 1.807) is 0 Å². The summed E-state index contributed by atoms with van der Waals surface area (Å²) in [7, 11) is 0. The van der Waals surface area contributed by atoms with Crippen molar-refractivity contribution in [3.63, 3.8) is 0 Å². The van der Waals surface area contributed by atoms with Gasteiger partial charge in [0, 0.05) is 11.6 Å². The summed E-state index contributed by atoms with van der Waals surface area (Å²) in [6.07, 6.45) is 7.41. The third-order valence-corrected chi connectivity index (χ3v) is 5.44. The van der Waals surface area contributed by atoms with Gasteiger partial charge in [-0.3, -0.25) is 0 Å².